The number of benzene rings is 2. The Labute approximate surface area is 169 Å². The molecule has 1 saturated heterocycles. The van der Waals surface area contributed by atoms with Crippen LogP contribution in [0.5, 0.6) is 0 Å². The topological polar surface area (TPSA) is 70.5 Å². The molecule has 1 aromatic heterocycles. The van der Waals surface area contributed by atoms with Crippen molar-refractivity contribution in [3.8, 4) is 0 Å². The summed E-state index contributed by atoms with van der Waals surface area (Å²) >= 11 is 0. The van der Waals surface area contributed by atoms with Crippen LogP contribution in [0.2, 0.25) is 0 Å². The number of amides is 1. The molecule has 5 nitrogen and oxygen atoms in total. The van der Waals surface area contributed by atoms with Gasteiger partial charge in [-0.25, -0.2) is 0 Å². The number of aliphatic hydroxyl groups is 1. The van der Waals surface area contributed by atoms with E-state index < -0.39 is 17.7 Å². The Morgan fingerprint density at radius 2 is 1.55 bits per heavy atom. The summed E-state index contributed by atoms with van der Waals surface area (Å²) in [5.41, 5.74) is 3.91. The lowest BCUT2D eigenvalue weighted by Crippen LogP contribution is -2.29. The predicted molar refractivity (Wildman–Crippen MR) is 111 cm³/mol. The van der Waals surface area contributed by atoms with Gasteiger partial charge in [0.05, 0.1) is 23.5 Å². The van der Waals surface area contributed by atoms with Gasteiger partial charge in [0, 0.05) is 11.8 Å². The number of ketones is 1. The molecule has 1 aliphatic rings. The first-order valence-electron chi connectivity index (χ1n) is 9.32. The number of hydrogen-bond acceptors (Lipinski definition) is 4. The lowest BCUT2D eigenvalue weighted by Gasteiger charge is -2.25. The largest absolute Gasteiger partial charge is 0.507 e. The second kappa shape index (κ2) is 7.36. The Hall–Kier alpha value is -3.73. The molecular formula is C24H20N2O3. The van der Waals surface area contributed by atoms with E-state index in [2.05, 4.69) is 4.98 Å². The lowest BCUT2D eigenvalue weighted by atomic mass is 9.94. The van der Waals surface area contributed by atoms with Gasteiger partial charge in [-0.1, -0.05) is 59.7 Å². The van der Waals surface area contributed by atoms with Crippen LogP contribution in [-0.4, -0.2) is 21.8 Å². The first-order chi connectivity index (χ1) is 14.0. The zero-order valence-electron chi connectivity index (χ0n) is 16.2. The van der Waals surface area contributed by atoms with Crippen molar-refractivity contribution in [1.82, 2.24) is 4.98 Å². The third-order valence-electron chi connectivity index (χ3n) is 5.09. The molecule has 5 heteroatoms. The molecule has 0 radical (unpaired) electrons. The molecule has 29 heavy (non-hydrogen) atoms. The average Bonchev–Trinajstić information content (AvgIpc) is 3.00. The normalized spacial score (nSPS) is 18.3. The third-order valence-corrected chi connectivity index (χ3v) is 5.09. The van der Waals surface area contributed by atoms with Crippen molar-refractivity contribution >= 4 is 23.1 Å². The van der Waals surface area contributed by atoms with Gasteiger partial charge >= 0.3 is 0 Å². The fraction of sp³-hybridized carbons (Fsp3) is 0.125. The summed E-state index contributed by atoms with van der Waals surface area (Å²) in [5, 5.41) is 11.0. The molecule has 2 aromatic carbocycles. The van der Waals surface area contributed by atoms with Crippen LogP contribution in [-0.2, 0) is 9.59 Å². The van der Waals surface area contributed by atoms with Crippen molar-refractivity contribution in [3.05, 3.63) is 101 Å². The van der Waals surface area contributed by atoms with Crippen molar-refractivity contribution in [2.24, 2.45) is 0 Å². The summed E-state index contributed by atoms with van der Waals surface area (Å²) in [7, 11) is 0. The molecule has 3 aromatic rings. The van der Waals surface area contributed by atoms with Crippen LogP contribution in [0.3, 0.4) is 0 Å². The maximum absolute atomic E-state index is 13.0. The average molecular weight is 384 g/mol. The molecule has 0 aliphatic carbocycles. The van der Waals surface area contributed by atoms with Gasteiger partial charge in [-0.3, -0.25) is 19.5 Å². The van der Waals surface area contributed by atoms with Gasteiger partial charge in [-0.05, 0) is 31.5 Å². The summed E-state index contributed by atoms with van der Waals surface area (Å²) in [6.45, 7) is 3.91. The van der Waals surface area contributed by atoms with Gasteiger partial charge in [-0.2, -0.15) is 0 Å². The van der Waals surface area contributed by atoms with Crippen molar-refractivity contribution in [2.75, 3.05) is 4.90 Å². The summed E-state index contributed by atoms with van der Waals surface area (Å²) < 4.78 is 0. The molecule has 0 saturated carbocycles. The molecule has 4 rings (SSSR count). The van der Waals surface area contributed by atoms with E-state index >= 15 is 0 Å². The number of carbonyl (C=O) groups excluding carboxylic acids is 2. The first kappa shape index (κ1) is 18.6. The van der Waals surface area contributed by atoms with E-state index in [-0.39, 0.29) is 11.3 Å². The standard InChI is InChI=1S/C24H20N2O3/c1-15-5-9-17(10-6-15)21-20(22(27)18-11-7-16(2)8-12-18)23(28)24(29)26(21)19-4-3-13-25-14-19/h3-14,21,27H,1-2H3/t21-/m0/s1. The van der Waals surface area contributed by atoms with Crippen LogP contribution in [0.25, 0.3) is 5.76 Å². The lowest BCUT2D eigenvalue weighted by molar-refractivity contribution is -0.132. The predicted octanol–water partition coefficient (Wildman–Crippen LogP) is 4.32. The molecule has 144 valence electrons. The summed E-state index contributed by atoms with van der Waals surface area (Å²) in [6, 6.07) is 17.5. The van der Waals surface area contributed by atoms with Gasteiger partial charge in [0.15, 0.2) is 0 Å². The van der Waals surface area contributed by atoms with Gasteiger partial charge in [0.25, 0.3) is 11.7 Å². The smallest absolute Gasteiger partial charge is 0.300 e. The SMILES string of the molecule is Cc1ccc(C(O)=C2C(=O)C(=O)N(c3cccnc3)[C@H]2c2ccc(C)cc2)cc1. The fourth-order valence-corrected chi connectivity index (χ4v) is 3.53. The van der Waals surface area contributed by atoms with Crippen LogP contribution in [0, 0.1) is 13.8 Å². The number of aryl methyl sites for hydroxylation is 2. The van der Waals surface area contributed by atoms with E-state index in [0.29, 0.717) is 11.3 Å². The van der Waals surface area contributed by atoms with E-state index in [1.165, 1.54) is 11.1 Å². The van der Waals surface area contributed by atoms with Gasteiger partial charge in [-0.15, -0.1) is 0 Å². The van der Waals surface area contributed by atoms with Crippen LogP contribution in [0.4, 0.5) is 5.69 Å². The summed E-state index contributed by atoms with van der Waals surface area (Å²) in [6.07, 6.45) is 3.14. The number of hydrogen-bond donors (Lipinski definition) is 1. The molecule has 1 N–H and O–H groups in total. The summed E-state index contributed by atoms with van der Waals surface area (Å²) in [4.78, 5) is 31.4. The monoisotopic (exact) mass is 384 g/mol. The minimum absolute atomic E-state index is 0.0755. The number of aromatic nitrogens is 1. The van der Waals surface area contributed by atoms with E-state index in [9.17, 15) is 14.7 Å². The molecular weight excluding hydrogens is 364 g/mol. The Balaban J connectivity index is 1.94. The number of nitrogens with zero attached hydrogens (tertiary/aromatic N) is 2. The summed E-state index contributed by atoms with van der Waals surface area (Å²) in [5.74, 6) is -1.57. The van der Waals surface area contributed by atoms with Crippen molar-refractivity contribution in [2.45, 2.75) is 19.9 Å². The van der Waals surface area contributed by atoms with Crippen LogP contribution in [0.15, 0.2) is 78.6 Å². The third kappa shape index (κ3) is 3.31. The number of rotatable bonds is 3. The van der Waals surface area contributed by atoms with Crippen molar-refractivity contribution < 1.29 is 14.7 Å². The molecule has 1 aliphatic heterocycles. The minimum Gasteiger partial charge on any atom is -0.507 e. The van der Waals surface area contributed by atoms with Crippen LogP contribution < -0.4 is 4.90 Å². The number of aliphatic hydroxyl groups excluding tert-OH is 1. The molecule has 0 spiro atoms. The number of Topliss-reactive ketones (excluding diaryl/α,β-unsaturated/α-hetero) is 1. The molecule has 1 atom stereocenters. The molecule has 1 amide bonds. The van der Waals surface area contributed by atoms with Crippen LogP contribution >= 0.6 is 0 Å². The number of pyridine rings is 1. The first-order valence-corrected chi connectivity index (χ1v) is 9.32. The Morgan fingerprint density at radius 1 is 0.931 bits per heavy atom. The Morgan fingerprint density at radius 3 is 2.14 bits per heavy atom. The van der Waals surface area contributed by atoms with Crippen LogP contribution in [0.1, 0.15) is 28.3 Å². The Bertz CT molecular complexity index is 1100. The minimum atomic E-state index is -0.735. The molecule has 1 fully saturated rings. The highest BCUT2D eigenvalue weighted by atomic mass is 16.3. The van der Waals surface area contributed by atoms with E-state index in [4.69, 9.17) is 0 Å². The zero-order valence-corrected chi connectivity index (χ0v) is 16.2. The van der Waals surface area contributed by atoms with E-state index in [0.717, 1.165) is 16.7 Å². The second-order valence-corrected chi connectivity index (χ2v) is 7.16. The highest BCUT2D eigenvalue weighted by molar-refractivity contribution is 6.51. The maximum atomic E-state index is 13.0. The van der Waals surface area contributed by atoms with Gasteiger partial charge < -0.3 is 5.11 Å². The number of carbonyl (C=O) groups is 2. The number of anilines is 1. The molecule has 0 unspecified atom stereocenters. The van der Waals surface area contributed by atoms with Gasteiger partial charge in [0.1, 0.15) is 5.76 Å². The van der Waals surface area contributed by atoms with E-state index in [1.54, 1.807) is 30.5 Å². The highest BCUT2D eigenvalue weighted by Gasteiger charge is 2.47. The quantitative estimate of drug-likeness (QED) is 0.415. The maximum Gasteiger partial charge on any atom is 0.300 e. The van der Waals surface area contributed by atoms with Crippen molar-refractivity contribution in [1.29, 1.82) is 0 Å². The molecule has 0 bridgehead atoms. The van der Waals surface area contributed by atoms with E-state index in [1.807, 2.05) is 50.2 Å². The van der Waals surface area contributed by atoms with Crippen molar-refractivity contribution in [3.63, 3.8) is 0 Å². The zero-order chi connectivity index (χ0) is 20.5. The Kier molecular flexibility index (Phi) is 4.72. The second-order valence-electron chi connectivity index (χ2n) is 7.16. The highest BCUT2D eigenvalue weighted by Crippen LogP contribution is 2.41. The molecule has 2 heterocycles. The fourth-order valence-electron chi connectivity index (χ4n) is 3.53. The van der Waals surface area contributed by atoms with Gasteiger partial charge in [0.2, 0.25) is 0 Å².